The van der Waals surface area contributed by atoms with E-state index in [9.17, 15) is 19.5 Å². The molecule has 3 unspecified atom stereocenters. The Bertz CT molecular complexity index is 475. The van der Waals surface area contributed by atoms with Gasteiger partial charge in [-0.05, 0) is 30.4 Å². The Labute approximate surface area is 175 Å². The Kier molecular flexibility index (Phi) is 11.3. The first-order chi connectivity index (χ1) is 11.1. The SMILES string of the molecule is CC1(C)CC1NC(=O)C(CCCCCSCC(N)C(=O)O)C(=O)O.[Na+]. The molecule has 1 aliphatic rings. The molecule has 1 rings (SSSR count). The Morgan fingerprint density at radius 3 is 2.28 bits per heavy atom. The van der Waals surface area contributed by atoms with Crippen LogP contribution in [0.25, 0.3) is 0 Å². The van der Waals surface area contributed by atoms with Gasteiger partial charge in [-0.2, -0.15) is 11.8 Å². The number of carbonyl (C=O) groups excluding carboxylic acids is 1. The molecule has 1 saturated carbocycles. The number of rotatable bonds is 12. The zero-order valence-corrected chi connectivity index (χ0v) is 18.1. The Morgan fingerprint density at radius 1 is 1.20 bits per heavy atom. The van der Waals surface area contributed by atoms with Crippen LogP contribution in [0.3, 0.4) is 0 Å². The molecule has 1 amide bonds. The number of aliphatic carboxylic acids is 2. The van der Waals surface area contributed by atoms with Gasteiger partial charge in [-0.15, -0.1) is 0 Å². The summed E-state index contributed by atoms with van der Waals surface area (Å²) in [5.41, 5.74) is 5.47. The molecule has 5 N–H and O–H groups in total. The van der Waals surface area contributed by atoms with Crippen molar-refractivity contribution in [2.75, 3.05) is 11.5 Å². The number of nitrogens with two attached hydrogens (primary N) is 1. The minimum absolute atomic E-state index is 0. The van der Waals surface area contributed by atoms with E-state index in [-0.39, 0.29) is 46.9 Å². The third-order valence-corrected chi connectivity index (χ3v) is 5.51. The van der Waals surface area contributed by atoms with E-state index in [4.69, 9.17) is 10.8 Å². The van der Waals surface area contributed by atoms with Crippen molar-refractivity contribution in [3.63, 3.8) is 0 Å². The van der Waals surface area contributed by atoms with Gasteiger partial charge in [0.1, 0.15) is 12.0 Å². The van der Waals surface area contributed by atoms with Gasteiger partial charge in [-0.1, -0.05) is 26.7 Å². The molecule has 0 radical (unpaired) electrons. The molecule has 25 heavy (non-hydrogen) atoms. The van der Waals surface area contributed by atoms with Crippen molar-refractivity contribution in [3.8, 4) is 0 Å². The van der Waals surface area contributed by atoms with Crippen molar-refractivity contribution in [2.24, 2.45) is 17.1 Å². The maximum atomic E-state index is 12.1. The van der Waals surface area contributed by atoms with Gasteiger partial charge in [-0.3, -0.25) is 14.4 Å². The average molecular weight is 383 g/mol. The summed E-state index contributed by atoms with van der Waals surface area (Å²) in [4.78, 5) is 33.9. The second kappa shape index (κ2) is 11.4. The molecule has 9 heteroatoms. The van der Waals surface area contributed by atoms with Crippen LogP contribution in [0.1, 0.15) is 46.0 Å². The Hall–Kier alpha value is -0.280. The number of thioether (sulfide) groups is 1. The monoisotopic (exact) mass is 383 g/mol. The van der Waals surface area contributed by atoms with Crippen molar-refractivity contribution < 1.29 is 54.2 Å². The molecule has 0 spiro atoms. The molecule has 0 aliphatic heterocycles. The minimum Gasteiger partial charge on any atom is -0.481 e. The molecule has 0 aromatic heterocycles. The average Bonchev–Trinajstić information content (AvgIpc) is 3.07. The van der Waals surface area contributed by atoms with Gasteiger partial charge in [0.05, 0.1) is 0 Å². The first kappa shape index (κ1) is 24.7. The molecule has 0 aromatic rings. The third-order valence-electron chi connectivity index (χ3n) is 4.34. The zero-order chi connectivity index (χ0) is 18.3. The molecule has 1 aliphatic carbocycles. The van der Waals surface area contributed by atoms with E-state index in [1.807, 2.05) is 13.8 Å². The predicted octanol–water partition coefficient (Wildman–Crippen LogP) is -1.69. The van der Waals surface area contributed by atoms with Crippen LogP contribution in [-0.2, 0) is 14.4 Å². The van der Waals surface area contributed by atoms with Crippen molar-refractivity contribution >= 4 is 29.6 Å². The van der Waals surface area contributed by atoms with Gasteiger partial charge in [-0.25, -0.2) is 0 Å². The first-order valence-electron chi connectivity index (χ1n) is 8.24. The summed E-state index contributed by atoms with van der Waals surface area (Å²) in [6, 6.07) is -0.761. The van der Waals surface area contributed by atoms with Crippen LogP contribution in [0.4, 0.5) is 0 Å². The maximum Gasteiger partial charge on any atom is 1.00 e. The van der Waals surface area contributed by atoms with Gasteiger partial charge in [0.15, 0.2) is 0 Å². The number of carbonyl (C=O) groups is 3. The fraction of sp³-hybridized carbons (Fsp3) is 0.812. The summed E-state index contributed by atoms with van der Waals surface area (Å²) in [6.07, 6.45) is 3.53. The second-order valence-corrected chi connectivity index (χ2v) is 8.16. The summed E-state index contributed by atoms with van der Waals surface area (Å²) < 4.78 is 0. The van der Waals surface area contributed by atoms with Gasteiger partial charge >= 0.3 is 41.5 Å². The number of hydrogen-bond acceptors (Lipinski definition) is 5. The van der Waals surface area contributed by atoms with Crippen LogP contribution in [0.5, 0.6) is 0 Å². The summed E-state index contributed by atoms with van der Waals surface area (Å²) >= 11 is 1.48. The summed E-state index contributed by atoms with van der Waals surface area (Å²) in [5, 5.41) is 20.7. The van der Waals surface area contributed by atoms with Gasteiger partial charge in [0.25, 0.3) is 0 Å². The van der Waals surface area contributed by atoms with E-state index in [1.54, 1.807) is 0 Å². The van der Waals surface area contributed by atoms with Gasteiger partial charge in [0.2, 0.25) is 5.91 Å². The molecule has 0 bridgehead atoms. The van der Waals surface area contributed by atoms with E-state index < -0.39 is 23.9 Å². The molecular formula is C16H28N2NaO5S+. The molecule has 0 heterocycles. The van der Waals surface area contributed by atoms with E-state index in [0.29, 0.717) is 18.6 Å². The molecule has 138 valence electrons. The van der Waals surface area contributed by atoms with Crippen LogP contribution in [0, 0.1) is 11.3 Å². The van der Waals surface area contributed by atoms with Crippen LogP contribution >= 0.6 is 11.8 Å². The van der Waals surface area contributed by atoms with Crippen molar-refractivity contribution in [1.29, 1.82) is 0 Å². The number of carboxylic acids is 2. The quantitative estimate of drug-likeness (QED) is 0.180. The smallest absolute Gasteiger partial charge is 0.481 e. The largest absolute Gasteiger partial charge is 1.00 e. The van der Waals surface area contributed by atoms with Crippen LogP contribution < -0.4 is 40.6 Å². The topological polar surface area (TPSA) is 130 Å². The molecule has 0 saturated heterocycles. The van der Waals surface area contributed by atoms with Crippen LogP contribution in [0.15, 0.2) is 0 Å². The van der Waals surface area contributed by atoms with E-state index in [1.165, 1.54) is 11.8 Å². The number of nitrogens with one attached hydrogen (secondary N) is 1. The zero-order valence-electron chi connectivity index (χ0n) is 15.3. The fourth-order valence-electron chi connectivity index (χ4n) is 2.36. The number of carboxylic acid groups (broad SMARTS) is 2. The van der Waals surface area contributed by atoms with Crippen molar-refractivity contribution in [1.82, 2.24) is 5.32 Å². The van der Waals surface area contributed by atoms with E-state index in [0.717, 1.165) is 25.0 Å². The van der Waals surface area contributed by atoms with E-state index >= 15 is 0 Å². The van der Waals surface area contributed by atoms with Crippen molar-refractivity contribution in [2.45, 2.75) is 58.0 Å². The van der Waals surface area contributed by atoms with E-state index in [2.05, 4.69) is 5.32 Å². The molecule has 3 atom stereocenters. The summed E-state index contributed by atoms with van der Waals surface area (Å²) in [5.74, 6) is -2.31. The fourth-order valence-corrected chi connectivity index (χ4v) is 3.33. The molecule has 7 nitrogen and oxygen atoms in total. The molecule has 0 aromatic carbocycles. The number of unbranched alkanes of at least 4 members (excludes halogenated alkanes) is 2. The first-order valence-corrected chi connectivity index (χ1v) is 9.40. The number of amides is 1. The van der Waals surface area contributed by atoms with Crippen molar-refractivity contribution in [3.05, 3.63) is 0 Å². The third kappa shape index (κ3) is 9.28. The second-order valence-electron chi connectivity index (χ2n) is 7.01. The molecular weight excluding hydrogens is 355 g/mol. The normalized spacial score (nSPS) is 20.0. The standard InChI is InChI=1S/C16H28N2O5S.Na/c1-16(2)8-12(16)18-13(19)10(14(20)21)6-4-3-5-7-24-9-11(17)15(22)23;/h10-12H,3-9,17H2,1-2H3,(H,18,19)(H,20,21)(H,22,23);/q;+1. The van der Waals surface area contributed by atoms with Crippen LogP contribution in [0.2, 0.25) is 0 Å². The van der Waals surface area contributed by atoms with Gasteiger partial charge < -0.3 is 21.3 Å². The Balaban J connectivity index is 0.00000576. The molecule has 1 fully saturated rings. The Morgan fingerprint density at radius 2 is 1.80 bits per heavy atom. The summed E-state index contributed by atoms with van der Waals surface area (Å²) in [7, 11) is 0. The maximum absolute atomic E-state index is 12.1. The van der Waals surface area contributed by atoms with Gasteiger partial charge in [0, 0.05) is 11.8 Å². The van der Waals surface area contributed by atoms with Crippen LogP contribution in [-0.4, -0.2) is 51.6 Å². The summed E-state index contributed by atoms with van der Waals surface area (Å²) in [6.45, 7) is 4.09. The predicted molar refractivity (Wildman–Crippen MR) is 92.9 cm³/mol. The minimum atomic E-state index is -1.08. The number of hydrogen-bond donors (Lipinski definition) is 4.